The van der Waals surface area contributed by atoms with Gasteiger partial charge in [-0.15, -0.1) is 11.8 Å². The maximum atomic E-state index is 8.86. The molecule has 0 aliphatic heterocycles. The van der Waals surface area contributed by atoms with Crippen molar-refractivity contribution >= 4 is 11.8 Å². The molecule has 2 N–H and O–H groups in total. The third kappa shape index (κ3) is 3.37. The summed E-state index contributed by atoms with van der Waals surface area (Å²) in [5.41, 5.74) is 2.12. The summed E-state index contributed by atoms with van der Waals surface area (Å²) in [6, 6.07) is 8.46. The van der Waals surface area contributed by atoms with Crippen molar-refractivity contribution in [3.8, 4) is 11.3 Å². The Morgan fingerprint density at radius 1 is 1.28 bits per heavy atom. The molecule has 0 spiro atoms. The molecule has 1 aromatic carbocycles. The number of aliphatic hydroxyl groups excluding tert-OH is 1. The first-order chi connectivity index (χ1) is 8.69. The summed E-state index contributed by atoms with van der Waals surface area (Å²) >= 11 is 1.86. The number of aliphatic hydroxyl groups is 1. The molecule has 2 rings (SSSR count). The molecule has 3 nitrogen and oxygen atoms in total. The molecular weight excluding hydrogens is 244 g/mol. The van der Waals surface area contributed by atoms with Crippen molar-refractivity contribution in [3.63, 3.8) is 0 Å². The van der Waals surface area contributed by atoms with Crippen molar-refractivity contribution in [1.29, 1.82) is 0 Å². The van der Waals surface area contributed by atoms with Crippen LogP contribution in [0.15, 0.2) is 35.4 Å². The molecule has 18 heavy (non-hydrogen) atoms. The lowest BCUT2D eigenvalue weighted by Crippen LogP contribution is -1.92. The number of nitrogens with zero attached hydrogens (tertiary/aromatic N) is 1. The van der Waals surface area contributed by atoms with Crippen LogP contribution in [0.4, 0.5) is 0 Å². The highest BCUT2D eigenvalue weighted by Crippen LogP contribution is 2.25. The van der Waals surface area contributed by atoms with Gasteiger partial charge in [-0.05, 0) is 17.7 Å². The SMILES string of the molecule is CC(C)Sc1ccc(-c2cnc(CCO)[nH]2)cc1. The number of rotatable bonds is 5. The maximum Gasteiger partial charge on any atom is 0.108 e. The van der Waals surface area contributed by atoms with E-state index in [2.05, 4.69) is 48.1 Å². The molecule has 0 fully saturated rings. The van der Waals surface area contributed by atoms with Crippen LogP contribution in [0.5, 0.6) is 0 Å². The van der Waals surface area contributed by atoms with E-state index < -0.39 is 0 Å². The Labute approximate surface area is 112 Å². The number of benzene rings is 1. The van der Waals surface area contributed by atoms with Crippen LogP contribution < -0.4 is 0 Å². The van der Waals surface area contributed by atoms with E-state index in [4.69, 9.17) is 5.11 Å². The van der Waals surface area contributed by atoms with Gasteiger partial charge in [-0.3, -0.25) is 0 Å². The highest BCUT2D eigenvalue weighted by atomic mass is 32.2. The van der Waals surface area contributed by atoms with E-state index in [9.17, 15) is 0 Å². The van der Waals surface area contributed by atoms with Crippen LogP contribution in [0.3, 0.4) is 0 Å². The van der Waals surface area contributed by atoms with Crippen LogP contribution >= 0.6 is 11.8 Å². The van der Waals surface area contributed by atoms with Gasteiger partial charge in [0.2, 0.25) is 0 Å². The first kappa shape index (κ1) is 13.2. The molecule has 1 aromatic heterocycles. The summed E-state index contributed by atoms with van der Waals surface area (Å²) in [7, 11) is 0. The molecule has 96 valence electrons. The second-order valence-corrected chi connectivity index (χ2v) is 6.06. The second-order valence-electron chi connectivity index (χ2n) is 4.41. The zero-order valence-corrected chi connectivity index (χ0v) is 11.5. The topological polar surface area (TPSA) is 48.9 Å². The number of hydrogen-bond donors (Lipinski definition) is 2. The zero-order valence-electron chi connectivity index (χ0n) is 10.7. The largest absolute Gasteiger partial charge is 0.396 e. The molecule has 0 unspecified atom stereocenters. The van der Waals surface area contributed by atoms with Crippen LogP contribution in [0.2, 0.25) is 0 Å². The number of aromatic nitrogens is 2. The molecule has 4 heteroatoms. The third-order valence-electron chi connectivity index (χ3n) is 2.51. The molecule has 0 aliphatic rings. The third-order valence-corrected chi connectivity index (χ3v) is 3.53. The first-order valence-electron chi connectivity index (χ1n) is 6.11. The van der Waals surface area contributed by atoms with Crippen LogP contribution in [-0.4, -0.2) is 26.9 Å². The quantitative estimate of drug-likeness (QED) is 0.814. The van der Waals surface area contributed by atoms with Gasteiger partial charge in [0.25, 0.3) is 0 Å². The van der Waals surface area contributed by atoms with E-state index in [-0.39, 0.29) is 6.61 Å². The van der Waals surface area contributed by atoms with E-state index in [1.54, 1.807) is 0 Å². The Bertz CT molecular complexity index is 491. The van der Waals surface area contributed by atoms with Crippen molar-refractivity contribution in [3.05, 3.63) is 36.3 Å². The number of imidazole rings is 1. The fraction of sp³-hybridized carbons (Fsp3) is 0.357. The highest BCUT2D eigenvalue weighted by Gasteiger charge is 2.04. The first-order valence-corrected chi connectivity index (χ1v) is 6.99. The summed E-state index contributed by atoms with van der Waals surface area (Å²) in [4.78, 5) is 8.73. The number of H-pyrrole nitrogens is 1. The lowest BCUT2D eigenvalue weighted by Gasteiger charge is -2.05. The second kappa shape index (κ2) is 6.07. The fourth-order valence-electron chi connectivity index (χ4n) is 1.73. The van der Waals surface area contributed by atoms with Gasteiger partial charge in [0.15, 0.2) is 0 Å². The standard InChI is InChI=1S/C14H18N2OS/c1-10(2)18-12-5-3-11(4-6-12)13-9-15-14(16-13)7-8-17/h3-6,9-10,17H,7-8H2,1-2H3,(H,15,16). The number of thioether (sulfide) groups is 1. The van der Waals surface area contributed by atoms with Gasteiger partial charge < -0.3 is 10.1 Å². The highest BCUT2D eigenvalue weighted by molar-refractivity contribution is 7.99. The summed E-state index contributed by atoms with van der Waals surface area (Å²) in [5, 5.41) is 9.45. The van der Waals surface area contributed by atoms with E-state index >= 15 is 0 Å². The Hall–Kier alpha value is -1.26. The Kier molecular flexibility index (Phi) is 4.44. The monoisotopic (exact) mass is 262 g/mol. The Morgan fingerprint density at radius 3 is 2.61 bits per heavy atom. The molecule has 0 bridgehead atoms. The summed E-state index contributed by atoms with van der Waals surface area (Å²) in [5.74, 6) is 0.827. The minimum atomic E-state index is 0.122. The van der Waals surface area contributed by atoms with Crippen LogP contribution in [-0.2, 0) is 6.42 Å². The summed E-state index contributed by atoms with van der Waals surface area (Å²) < 4.78 is 0. The predicted octanol–water partition coefficient (Wildman–Crippen LogP) is 3.11. The van der Waals surface area contributed by atoms with Crippen LogP contribution in [0, 0.1) is 0 Å². The lowest BCUT2D eigenvalue weighted by atomic mass is 10.2. The van der Waals surface area contributed by atoms with Gasteiger partial charge in [0.05, 0.1) is 18.5 Å². The Morgan fingerprint density at radius 2 is 2.00 bits per heavy atom. The minimum Gasteiger partial charge on any atom is -0.396 e. The van der Waals surface area contributed by atoms with Crippen molar-refractivity contribution in [1.82, 2.24) is 9.97 Å². The van der Waals surface area contributed by atoms with E-state index in [1.165, 1.54) is 4.90 Å². The lowest BCUT2D eigenvalue weighted by molar-refractivity contribution is 0.297. The van der Waals surface area contributed by atoms with Gasteiger partial charge in [0, 0.05) is 16.6 Å². The number of nitrogens with one attached hydrogen (secondary N) is 1. The molecule has 1 heterocycles. The van der Waals surface area contributed by atoms with E-state index in [1.807, 2.05) is 18.0 Å². The molecule has 0 saturated heterocycles. The van der Waals surface area contributed by atoms with Gasteiger partial charge >= 0.3 is 0 Å². The summed E-state index contributed by atoms with van der Waals surface area (Å²) in [6.07, 6.45) is 2.39. The van der Waals surface area contributed by atoms with Gasteiger partial charge in [0.1, 0.15) is 5.82 Å². The zero-order chi connectivity index (χ0) is 13.0. The van der Waals surface area contributed by atoms with Crippen LogP contribution in [0.1, 0.15) is 19.7 Å². The van der Waals surface area contributed by atoms with Crippen molar-refractivity contribution < 1.29 is 5.11 Å². The smallest absolute Gasteiger partial charge is 0.108 e. The molecule has 0 aliphatic carbocycles. The molecule has 0 radical (unpaired) electrons. The maximum absolute atomic E-state index is 8.86. The summed E-state index contributed by atoms with van der Waals surface area (Å²) in [6.45, 7) is 4.50. The van der Waals surface area contributed by atoms with Gasteiger partial charge in [-0.2, -0.15) is 0 Å². The molecule has 2 aromatic rings. The number of aromatic amines is 1. The van der Waals surface area contributed by atoms with E-state index in [0.717, 1.165) is 17.1 Å². The normalized spacial score (nSPS) is 11.1. The molecular formula is C14H18N2OS. The van der Waals surface area contributed by atoms with Gasteiger partial charge in [-0.25, -0.2) is 4.98 Å². The van der Waals surface area contributed by atoms with E-state index in [0.29, 0.717) is 11.7 Å². The van der Waals surface area contributed by atoms with Crippen molar-refractivity contribution in [2.45, 2.75) is 30.4 Å². The Balaban J connectivity index is 2.12. The molecule has 0 saturated carbocycles. The molecule has 0 atom stereocenters. The average molecular weight is 262 g/mol. The minimum absolute atomic E-state index is 0.122. The number of hydrogen-bond acceptors (Lipinski definition) is 3. The van der Waals surface area contributed by atoms with Crippen molar-refractivity contribution in [2.24, 2.45) is 0 Å². The molecule has 0 amide bonds. The average Bonchev–Trinajstić information content (AvgIpc) is 2.78. The predicted molar refractivity (Wildman–Crippen MR) is 75.8 cm³/mol. The van der Waals surface area contributed by atoms with Gasteiger partial charge in [-0.1, -0.05) is 26.0 Å². The fourth-order valence-corrected chi connectivity index (χ4v) is 2.56. The van der Waals surface area contributed by atoms with Crippen molar-refractivity contribution in [2.75, 3.05) is 6.61 Å². The van der Waals surface area contributed by atoms with Crippen LogP contribution in [0.25, 0.3) is 11.3 Å².